The van der Waals surface area contributed by atoms with E-state index < -0.39 is 0 Å². The van der Waals surface area contributed by atoms with Crippen molar-refractivity contribution >= 4 is 5.91 Å². The summed E-state index contributed by atoms with van der Waals surface area (Å²) in [6.07, 6.45) is 1.89. The summed E-state index contributed by atoms with van der Waals surface area (Å²) in [7, 11) is 0. The molecule has 9 heavy (non-hydrogen) atoms. The van der Waals surface area contributed by atoms with E-state index in [1.807, 2.05) is 6.92 Å². The Labute approximate surface area is 54.9 Å². The predicted octanol–water partition coefficient (Wildman–Crippen LogP) is 1.05. The lowest BCUT2D eigenvalue weighted by molar-refractivity contribution is -0.124. The van der Waals surface area contributed by atoms with Crippen molar-refractivity contribution in [3.05, 3.63) is 12.3 Å². The number of carbonyl (C=O) groups excluding carboxylic acids is 1. The average molecular weight is 125 g/mol. The fourth-order valence-electron chi connectivity index (χ4n) is 0.882. The van der Waals surface area contributed by atoms with Crippen molar-refractivity contribution in [2.75, 3.05) is 0 Å². The van der Waals surface area contributed by atoms with Gasteiger partial charge in [-0.05, 0) is 12.8 Å². The first-order chi connectivity index (χ1) is 4.20. The van der Waals surface area contributed by atoms with Crippen LogP contribution < -0.4 is 5.32 Å². The maximum Gasteiger partial charge on any atom is 0.226 e. The van der Waals surface area contributed by atoms with Crippen LogP contribution in [-0.4, -0.2) is 5.91 Å². The number of carbonyl (C=O) groups is 1. The second-order valence-electron chi connectivity index (χ2n) is 2.53. The molecule has 1 N–H and O–H groups in total. The van der Waals surface area contributed by atoms with Gasteiger partial charge in [-0.15, -0.1) is 0 Å². The largest absolute Gasteiger partial charge is 0.330 e. The lowest BCUT2D eigenvalue weighted by Crippen LogP contribution is -2.32. The first-order valence-corrected chi connectivity index (χ1v) is 3.19. The smallest absolute Gasteiger partial charge is 0.226 e. The summed E-state index contributed by atoms with van der Waals surface area (Å²) in [5.74, 6) is 0.293. The van der Waals surface area contributed by atoms with Crippen molar-refractivity contribution in [1.82, 2.24) is 5.32 Å². The van der Waals surface area contributed by atoms with Gasteiger partial charge < -0.3 is 5.32 Å². The van der Waals surface area contributed by atoms with Crippen LogP contribution in [0.15, 0.2) is 12.3 Å². The third-order valence-corrected chi connectivity index (χ3v) is 1.63. The van der Waals surface area contributed by atoms with Crippen molar-refractivity contribution in [2.45, 2.75) is 19.8 Å². The minimum Gasteiger partial charge on any atom is -0.330 e. The zero-order valence-corrected chi connectivity index (χ0v) is 5.61. The lowest BCUT2D eigenvalue weighted by Gasteiger charge is -2.19. The fourth-order valence-corrected chi connectivity index (χ4v) is 0.882. The molecule has 0 aromatic heterocycles. The Morgan fingerprint density at radius 1 is 1.78 bits per heavy atom. The van der Waals surface area contributed by atoms with Gasteiger partial charge in [-0.3, -0.25) is 4.79 Å². The molecular weight excluding hydrogens is 114 g/mol. The zero-order chi connectivity index (χ0) is 6.85. The molecule has 1 heterocycles. The van der Waals surface area contributed by atoms with Crippen LogP contribution in [0.5, 0.6) is 0 Å². The standard InChI is InChI=1S/C7H11NO/c1-5-3-4-6(2)8-7(5)9/h5H,2-4H2,1H3,(H,8,9). The molecule has 0 radical (unpaired) electrons. The van der Waals surface area contributed by atoms with Gasteiger partial charge in [-0.1, -0.05) is 13.5 Å². The Balaban J connectivity index is 2.54. The molecule has 0 aromatic rings. The highest BCUT2D eigenvalue weighted by Crippen LogP contribution is 2.14. The Morgan fingerprint density at radius 2 is 2.44 bits per heavy atom. The van der Waals surface area contributed by atoms with E-state index in [0.717, 1.165) is 18.5 Å². The maximum atomic E-state index is 10.8. The van der Waals surface area contributed by atoms with Gasteiger partial charge in [0.2, 0.25) is 5.91 Å². The molecule has 1 fully saturated rings. The molecule has 2 nitrogen and oxygen atoms in total. The first-order valence-electron chi connectivity index (χ1n) is 3.19. The van der Waals surface area contributed by atoms with Crippen molar-refractivity contribution in [1.29, 1.82) is 0 Å². The molecule has 1 amide bonds. The lowest BCUT2D eigenvalue weighted by atomic mass is 9.99. The van der Waals surface area contributed by atoms with Gasteiger partial charge in [0.25, 0.3) is 0 Å². The van der Waals surface area contributed by atoms with E-state index in [4.69, 9.17) is 0 Å². The van der Waals surface area contributed by atoms with Crippen LogP contribution in [0.2, 0.25) is 0 Å². The highest BCUT2D eigenvalue weighted by Gasteiger charge is 2.18. The second-order valence-corrected chi connectivity index (χ2v) is 2.53. The van der Waals surface area contributed by atoms with Gasteiger partial charge in [0.1, 0.15) is 0 Å². The van der Waals surface area contributed by atoms with Crippen LogP contribution in [0.1, 0.15) is 19.8 Å². The molecular formula is C7H11NO. The summed E-state index contributed by atoms with van der Waals surface area (Å²) in [6.45, 7) is 5.60. The third-order valence-electron chi connectivity index (χ3n) is 1.63. The molecule has 0 saturated carbocycles. The quantitative estimate of drug-likeness (QED) is 0.515. The molecule has 1 saturated heterocycles. The zero-order valence-electron chi connectivity index (χ0n) is 5.61. The first kappa shape index (κ1) is 6.33. The Hall–Kier alpha value is -0.790. The summed E-state index contributed by atoms with van der Waals surface area (Å²) in [5, 5.41) is 2.70. The summed E-state index contributed by atoms with van der Waals surface area (Å²) in [4.78, 5) is 10.8. The number of hydrogen-bond donors (Lipinski definition) is 1. The monoisotopic (exact) mass is 125 g/mol. The van der Waals surface area contributed by atoms with Crippen LogP contribution in [0.25, 0.3) is 0 Å². The van der Waals surface area contributed by atoms with E-state index >= 15 is 0 Å². The van der Waals surface area contributed by atoms with Crippen LogP contribution in [0.4, 0.5) is 0 Å². The molecule has 1 aliphatic heterocycles. The summed E-state index contributed by atoms with van der Waals surface area (Å²) < 4.78 is 0. The number of amides is 1. The summed E-state index contributed by atoms with van der Waals surface area (Å²) >= 11 is 0. The van der Waals surface area contributed by atoms with Gasteiger partial charge in [-0.2, -0.15) is 0 Å². The molecule has 50 valence electrons. The molecule has 0 aliphatic carbocycles. The van der Waals surface area contributed by atoms with E-state index in [9.17, 15) is 4.79 Å². The SMILES string of the molecule is C=C1CCC(C)C(=O)N1. The number of nitrogens with one attached hydrogen (secondary N) is 1. The van der Waals surface area contributed by atoms with Gasteiger partial charge in [0.15, 0.2) is 0 Å². The van der Waals surface area contributed by atoms with Crippen molar-refractivity contribution < 1.29 is 4.79 Å². The number of allylic oxidation sites excluding steroid dienone is 1. The van der Waals surface area contributed by atoms with Crippen molar-refractivity contribution in [3.8, 4) is 0 Å². The molecule has 1 unspecified atom stereocenters. The normalized spacial score (nSPS) is 27.9. The van der Waals surface area contributed by atoms with Crippen LogP contribution in [-0.2, 0) is 4.79 Å². The number of rotatable bonds is 0. The van der Waals surface area contributed by atoms with Gasteiger partial charge in [0.05, 0.1) is 0 Å². The van der Waals surface area contributed by atoms with Gasteiger partial charge in [0, 0.05) is 11.6 Å². The van der Waals surface area contributed by atoms with Crippen molar-refractivity contribution in [3.63, 3.8) is 0 Å². The van der Waals surface area contributed by atoms with E-state index in [0.29, 0.717) is 0 Å². The summed E-state index contributed by atoms with van der Waals surface area (Å²) in [6, 6.07) is 0. The molecule has 0 aromatic carbocycles. The minimum absolute atomic E-state index is 0.117. The topological polar surface area (TPSA) is 29.1 Å². The molecule has 1 aliphatic rings. The Bertz CT molecular complexity index is 151. The van der Waals surface area contributed by atoms with Crippen LogP contribution in [0.3, 0.4) is 0 Å². The number of hydrogen-bond acceptors (Lipinski definition) is 1. The summed E-state index contributed by atoms with van der Waals surface area (Å²) in [5.41, 5.74) is 0.859. The highest BCUT2D eigenvalue weighted by molar-refractivity contribution is 5.80. The Morgan fingerprint density at radius 3 is 2.89 bits per heavy atom. The number of piperidine rings is 1. The maximum absolute atomic E-state index is 10.8. The minimum atomic E-state index is 0.117. The molecule has 1 atom stereocenters. The van der Waals surface area contributed by atoms with Gasteiger partial charge >= 0.3 is 0 Å². The van der Waals surface area contributed by atoms with Crippen molar-refractivity contribution in [2.24, 2.45) is 5.92 Å². The second kappa shape index (κ2) is 2.21. The molecule has 1 rings (SSSR count). The van der Waals surface area contributed by atoms with E-state index in [2.05, 4.69) is 11.9 Å². The molecule has 0 bridgehead atoms. The molecule has 0 spiro atoms. The molecule has 2 heteroatoms. The van der Waals surface area contributed by atoms with Gasteiger partial charge in [-0.25, -0.2) is 0 Å². The highest BCUT2D eigenvalue weighted by atomic mass is 16.1. The van der Waals surface area contributed by atoms with E-state index in [1.54, 1.807) is 0 Å². The fraction of sp³-hybridized carbons (Fsp3) is 0.571. The van der Waals surface area contributed by atoms with Crippen LogP contribution >= 0.6 is 0 Å². The predicted molar refractivity (Wildman–Crippen MR) is 35.7 cm³/mol. The van der Waals surface area contributed by atoms with Crippen LogP contribution in [0, 0.1) is 5.92 Å². The van der Waals surface area contributed by atoms with E-state index in [1.165, 1.54) is 0 Å². The average Bonchev–Trinajstić information content (AvgIpc) is 1.80. The van der Waals surface area contributed by atoms with E-state index in [-0.39, 0.29) is 11.8 Å². The third kappa shape index (κ3) is 1.31. The Kier molecular flexibility index (Phi) is 1.56.